The van der Waals surface area contributed by atoms with E-state index in [1.54, 1.807) is 6.07 Å². The van der Waals surface area contributed by atoms with E-state index in [0.29, 0.717) is 5.56 Å². The van der Waals surface area contributed by atoms with Gasteiger partial charge in [0.2, 0.25) is 5.91 Å². The second kappa shape index (κ2) is 6.67. The van der Waals surface area contributed by atoms with Crippen molar-refractivity contribution in [1.29, 1.82) is 0 Å². The molecule has 1 N–H and O–H groups in total. The Labute approximate surface area is 138 Å². The minimum Gasteiger partial charge on any atom is -0.352 e. The first-order valence-corrected chi connectivity index (χ1v) is 7.95. The molecule has 1 amide bonds. The molecule has 0 saturated carbocycles. The van der Waals surface area contributed by atoms with Gasteiger partial charge in [0.25, 0.3) is 0 Å². The van der Waals surface area contributed by atoms with Crippen LogP contribution in [0.15, 0.2) is 42.5 Å². The first kappa shape index (κ1) is 16.6. The summed E-state index contributed by atoms with van der Waals surface area (Å²) in [6.07, 6.45) is -0.830. The van der Waals surface area contributed by atoms with Crippen LogP contribution >= 0.6 is 0 Å². The number of benzene rings is 2. The fourth-order valence-electron chi connectivity index (χ4n) is 3.04. The quantitative estimate of drug-likeness (QED) is 0.898. The van der Waals surface area contributed by atoms with Gasteiger partial charge in [-0.15, -0.1) is 0 Å². The standard InChI is InChI=1S/C19H18F3NO/c20-19(21,22)17-6-1-3-14(10-17)12-23-18(24)11-13-7-8-15-4-2-5-16(15)9-13/h1,3,6-10H,2,4-5,11-12H2,(H,23,24). The summed E-state index contributed by atoms with van der Waals surface area (Å²) >= 11 is 0. The first-order valence-electron chi connectivity index (χ1n) is 7.95. The minimum atomic E-state index is -4.37. The molecule has 0 heterocycles. The summed E-state index contributed by atoms with van der Waals surface area (Å²) in [5.41, 5.74) is 3.33. The van der Waals surface area contributed by atoms with Crippen molar-refractivity contribution < 1.29 is 18.0 Å². The highest BCUT2D eigenvalue weighted by molar-refractivity contribution is 5.78. The zero-order chi connectivity index (χ0) is 17.2. The molecule has 2 aromatic carbocycles. The van der Waals surface area contributed by atoms with Gasteiger partial charge >= 0.3 is 6.18 Å². The largest absolute Gasteiger partial charge is 0.416 e. The summed E-state index contributed by atoms with van der Waals surface area (Å²) in [7, 11) is 0. The SMILES string of the molecule is O=C(Cc1ccc2c(c1)CCC2)NCc1cccc(C(F)(F)F)c1. The fraction of sp³-hybridized carbons (Fsp3) is 0.316. The highest BCUT2D eigenvalue weighted by Crippen LogP contribution is 2.29. The van der Waals surface area contributed by atoms with E-state index in [-0.39, 0.29) is 18.9 Å². The number of carbonyl (C=O) groups is 1. The van der Waals surface area contributed by atoms with E-state index >= 15 is 0 Å². The van der Waals surface area contributed by atoms with Crippen molar-refractivity contribution in [2.75, 3.05) is 0 Å². The number of carbonyl (C=O) groups excluding carboxylic acids is 1. The van der Waals surface area contributed by atoms with Crippen LogP contribution in [-0.2, 0) is 36.8 Å². The third-order valence-corrected chi connectivity index (χ3v) is 4.27. The predicted octanol–water partition coefficient (Wildman–Crippen LogP) is 4.05. The molecule has 1 aliphatic carbocycles. The van der Waals surface area contributed by atoms with Crippen molar-refractivity contribution in [3.8, 4) is 0 Å². The monoisotopic (exact) mass is 333 g/mol. The van der Waals surface area contributed by atoms with Gasteiger partial charge in [-0.25, -0.2) is 0 Å². The van der Waals surface area contributed by atoms with Gasteiger partial charge in [0.05, 0.1) is 12.0 Å². The Morgan fingerprint density at radius 1 is 1.00 bits per heavy atom. The number of rotatable bonds is 4. The maximum atomic E-state index is 12.7. The topological polar surface area (TPSA) is 29.1 Å². The third-order valence-electron chi connectivity index (χ3n) is 4.27. The van der Waals surface area contributed by atoms with Gasteiger partial charge in [0, 0.05) is 6.54 Å². The third kappa shape index (κ3) is 3.96. The smallest absolute Gasteiger partial charge is 0.352 e. The van der Waals surface area contributed by atoms with Crippen molar-refractivity contribution in [1.82, 2.24) is 5.32 Å². The minimum absolute atomic E-state index is 0.0910. The molecule has 0 fully saturated rings. The molecule has 2 aromatic rings. The molecule has 0 atom stereocenters. The van der Waals surface area contributed by atoms with Gasteiger partial charge in [-0.2, -0.15) is 13.2 Å². The highest BCUT2D eigenvalue weighted by Gasteiger charge is 2.30. The first-order chi connectivity index (χ1) is 11.4. The summed E-state index contributed by atoms with van der Waals surface area (Å²) in [4.78, 5) is 12.0. The van der Waals surface area contributed by atoms with Crippen molar-refractivity contribution in [3.05, 3.63) is 70.3 Å². The second-order valence-corrected chi connectivity index (χ2v) is 6.11. The van der Waals surface area contributed by atoms with Crippen molar-refractivity contribution >= 4 is 5.91 Å². The lowest BCUT2D eigenvalue weighted by molar-refractivity contribution is -0.137. The lowest BCUT2D eigenvalue weighted by Gasteiger charge is -2.10. The van der Waals surface area contributed by atoms with Crippen LogP contribution in [0.25, 0.3) is 0 Å². The summed E-state index contributed by atoms with van der Waals surface area (Å²) in [5, 5.41) is 2.69. The normalized spacial score (nSPS) is 13.6. The van der Waals surface area contributed by atoms with Crippen LogP contribution in [0.5, 0.6) is 0 Å². The van der Waals surface area contributed by atoms with E-state index in [1.807, 2.05) is 6.07 Å². The molecule has 126 valence electrons. The van der Waals surface area contributed by atoms with Gasteiger partial charge in [-0.1, -0.05) is 30.3 Å². The maximum Gasteiger partial charge on any atom is 0.416 e. The zero-order valence-corrected chi connectivity index (χ0v) is 13.1. The Balaban J connectivity index is 1.58. The van der Waals surface area contributed by atoms with Crippen LogP contribution in [0.1, 0.15) is 34.2 Å². The Morgan fingerprint density at radius 3 is 2.58 bits per heavy atom. The Morgan fingerprint density at radius 2 is 1.79 bits per heavy atom. The van der Waals surface area contributed by atoms with E-state index in [9.17, 15) is 18.0 Å². The Hall–Kier alpha value is -2.30. The zero-order valence-electron chi connectivity index (χ0n) is 13.1. The molecule has 0 aliphatic heterocycles. The van der Waals surface area contributed by atoms with Gasteiger partial charge in [-0.05, 0) is 53.6 Å². The van der Waals surface area contributed by atoms with Crippen LogP contribution in [0.3, 0.4) is 0 Å². The number of hydrogen-bond acceptors (Lipinski definition) is 1. The summed E-state index contributed by atoms with van der Waals surface area (Å²) in [6, 6.07) is 11.1. The molecule has 0 saturated heterocycles. The van der Waals surface area contributed by atoms with E-state index < -0.39 is 11.7 Å². The van der Waals surface area contributed by atoms with Crippen LogP contribution in [0.2, 0.25) is 0 Å². The van der Waals surface area contributed by atoms with E-state index in [0.717, 1.165) is 37.0 Å². The van der Waals surface area contributed by atoms with Crippen LogP contribution in [-0.4, -0.2) is 5.91 Å². The maximum absolute atomic E-state index is 12.7. The van der Waals surface area contributed by atoms with Crippen molar-refractivity contribution in [2.45, 2.75) is 38.4 Å². The summed E-state index contributed by atoms with van der Waals surface area (Å²) < 4.78 is 38.0. The van der Waals surface area contributed by atoms with Crippen molar-refractivity contribution in [2.24, 2.45) is 0 Å². The van der Waals surface area contributed by atoms with E-state index in [4.69, 9.17) is 0 Å². The van der Waals surface area contributed by atoms with Gasteiger partial charge in [0.1, 0.15) is 0 Å². The molecular weight excluding hydrogens is 315 g/mol. The van der Waals surface area contributed by atoms with E-state index in [2.05, 4.69) is 17.4 Å². The summed E-state index contributed by atoms with van der Waals surface area (Å²) in [5.74, 6) is -0.189. The Kier molecular flexibility index (Phi) is 4.60. The molecule has 2 nitrogen and oxygen atoms in total. The van der Waals surface area contributed by atoms with Gasteiger partial charge < -0.3 is 5.32 Å². The van der Waals surface area contributed by atoms with Crippen molar-refractivity contribution in [3.63, 3.8) is 0 Å². The number of hydrogen-bond donors (Lipinski definition) is 1. The Bertz CT molecular complexity index is 753. The average Bonchev–Trinajstić information content (AvgIpc) is 3.00. The highest BCUT2D eigenvalue weighted by atomic mass is 19.4. The van der Waals surface area contributed by atoms with Crippen LogP contribution < -0.4 is 5.32 Å². The van der Waals surface area contributed by atoms with Gasteiger partial charge in [-0.3, -0.25) is 4.79 Å². The molecular formula is C19H18F3NO. The molecule has 5 heteroatoms. The number of nitrogens with one attached hydrogen (secondary N) is 1. The molecule has 0 bridgehead atoms. The summed E-state index contributed by atoms with van der Waals surface area (Å²) in [6.45, 7) is 0.0910. The van der Waals surface area contributed by atoms with Crippen LogP contribution in [0, 0.1) is 0 Å². The average molecular weight is 333 g/mol. The second-order valence-electron chi connectivity index (χ2n) is 6.11. The molecule has 1 aliphatic rings. The molecule has 0 unspecified atom stereocenters. The lowest BCUT2D eigenvalue weighted by Crippen LogP contribution is -2.24. The number of halogens is 3. The van der Waals surface area contributed by atoms with Gasteiger partial charge in [0.15, 0.2) is 0 Å². The number of amides is 1. The number of alkyl halides is 3. The predicted molar refractivity (Wildman–Crippen MR) is 85.5 cm³/mol. The van der Waals surface area contributed by atoms with Crippen LogP contribution in [0.4, 0.5) is 13.2 Å². The molecule has 0 aromatic heterocycles. The number of aryl methyl sites for hydroxylation is 2. The molecule has 24 heavy (non-hydrogen) atoms. The van der Waals surface area contributed by atoms with E-state index in [1.165, 1.54) is 17.2 Å². The molecule has 3 rings (SSSR count). The number of fused-ring (bicyclic) bond motifs is 1. The molecule has 0 spiro atoms. The lowest BCUT2D eigenvalue weighted by atomic mass is 10.0. The fourth-order valence-corrected chi connectivity index (χ4v) is 3.04. The molecule has 0 radical (unpaired) electrons.